The van der Waals surface area contributed by atoms with Gasteiger partial charge >= 0.3 is 11.7 Å². The standard InChI is InChI=1S/C20H21FN4O4/c1-2-28-18(26)9-11-24(13-15-4-3-10-22-12-15)14-25-20(27)29-19(23-25)16-5-7-17(21)8-6-16/h3-8,10,12H,2,9,11,13-14H2,1H3. The molecule has 152 valence electrons. The number of pyridine rings is 1. The zero-order valence-electron chi connectivity index (χ0n) is 16.0. The molecule has 0 bridgehead atoms. The van der Waals surface area contributed by atoms with Gasteiger partial charge in [-0.3, -0.25) is 14.7 Å². The minimum atomic E-state index is -0.642. The van der Waals surface area contributed by atoms with Crippen LogP contribution in [0.3, 0.4) is 0 Å². The number of rotatable bonds is 9. The summed E-state index contributed by atoms with van der Waals surface area (Å²) in [5.74, 6) is -1.25. The van der Waals surface area contributed by atoms with Gasteiger partial charge in [0.15, 0.2) is 0 Å². The van der Waals surface area contributed by atoms with Crippen LogP contribution < -0.4 is 5.76 Å². The van der Waals surface area contributed by atoms with E-state index >= 15 is 0 Å². The molecule has 2 aromatic heterocycles. The van der Waals surface area contributed by atoms with Gasteiger partial charge in [0.05, 0.1) is 13.0 Å². The van der Waals surface area contributed by atoms with E-state index in [-0.39, 0.29) is 24.9 Å². The van der Waals surface area contributed by atoms with Crippen LogP contribution in [0.25, 0.3) is 11.5 Å². The Kier molecular flexibility index (Phi) is 6.85. The van der Waals surface area contributed by atoms with Gasteiger partial charge in [0.2, 0.25) is 5.89 Å². The Labute approximate surface area is 166 Å². The van der Waals surface area contributed by atoms with Gasteiger partial charge in [0.25, 0.3) is 0 Å². The van der Waals surface area contributed by atoms with Crippen molar-refractivity contribution in [2.24, 2.45) is 0 Å². The lowest BCUT2D eigenvalue weighted by Crippen LogP contribution is -2.33. The molecule has 0 spiro atoms. The van der Waals surface area contributed by atoms with Gasteiger partial charge < -0.3 is 9.15 Å². The fourth-order valence-electron chi connectivity index (χ4n) is 2.73. The molecular formula is C20H21FN4O4. The molecule has 9 heteroatoms. The van der Waals surface area contributed by atoms with E-state index in [1.807, 2.05) is 17.0 Å². The number of hydrogen-bond acceptors (Lipinski definition) is 7. The molecule has 1 aromatic carbocycles. The fourth-order valence-corrected chi connectivity index (χ4v) is 2.73. The summed E-state index contributed by atoms with van der Waals surface area (Å²) >= 11 is 0. The highest BCUT2D eigenvalue weighted by Crippen LogP contribution is 2.16. The van der Waals surface area contributed by atoms with Crippen molar-refractivity contribution in [3.05, 3.63) is 70.7 Å². The molecule has 8 nitrogen and oxygen atoms in total. The average molecular weight is 400 g/mol. The maximum atomic E-state index is 13.1. The molecule has 0 aliphatic heterocycles. The van der Waals surface area contributed by atoms with Gasteiger partial charge in [0.1, 0.15) is 12.5 Å². The maximum absolute atomic E-state index is 13.1. The summed E-state index contributed by atoms with van der Waals surface area (Å²) in [7, 11) is 0. The minimum Gasteiger partial charge on any atom is -0.466 e. The topological polar surface area (TPSA) is 90.5 Å². The van der Waals surface area contributed by atoms with Crippen molar-refractivity contribution in [2.45, 2.75) is 26.6 Å². The number of carbonyl (C=O) groups excluding carboxylic acids is 1. The quantitative estimate of drug-likeness (QED) is 0.510. The van der Waals surface area contributed by atoms with Crippen molar-refractivity contribution in [1.29, 1.82) is 0 Å². The molecule has 0 unspecified atom stereocenters. The Balaban J connectivity index is 1.76. The van der Waals surface area contributed by atoms with Crippen molar-refractivity contribution in [3.8, 4) is 11.5 Å². The predicted molar refractivity (Wildman–Crippen MR) is 102 cm³/mol. The van der Waals surface area contributed by atoms with Crippen LogP contribution in [0, 0.1) is 5.82 Å². The molecule has 3 rings (SSSR count). The molecule has 2 heterocycles. The minimum absolute atomic E-state index is 0.0988. The monoisotopic (exact) mass is 400 g/mol. The van der Waals surface area contributed by atoms with Gasteiger partial charge in [-0.15, -0.1) is 5.10 Å². The lowest BCUT2D eigenvalue weighted by molar-refractivity contribution is -0.143. The van der Waals surface area contributed by atoms with Crippen molar-refractivity contribution in [3.63, 3.8) is 0 Å². The van der Waals surface area contributed by atoms with Crippen LogP contribution in [0.2, 0.25) is 0 Å². The molecule has 0 aliphatic carbocycles. The summed E-state index contributed by atoms with van der Waals surface area (Å²) in [6, 6.07) is 9.22. The largest absolute Gasteiger partial charge is 0.466 e. The van der Waals surface area contributed by atoms with Crippen molar-refractivity contribution < 1.29 is 18.3 Å². The second-order valence-corrected chi connectivity index (χ2v) is 6.29. The molecule has 29 heavy (non-hydrogen) atoms. The summed E-state index contributed by atoms with van der Waals surface area (Å²) in [5, 5.41) is 4.20. The maximum Gasteiger partial charge on any atom is 0.438 e. The molecule has 0 atom stereocenters. The number of benzene rings is 1. The molecule has 0 amide bonds. The number of carbonyl (C=O) groups is 1. The Morgan fingerprint density at radius 2 is 2.07 bits per heavy atom. The average Bonchev–Trinajstić information content (AvgIpc) is 3.08. The van der Waals surface area contributed by atoms with E-state index in [9.17, 15) is 14.0 Å². The van der Waals surface area contributed by atoms with Crippen LogP contribution in [0.15, 0.2) is 58.0 Å². The summed E-state index contributed by atoms with van der Waals surface area (Å²) in [6.45, 7) is 2.98. The molecule has 0 saturated carbocycles. The normalized spacial score (nSPS) is 11.0. The third kappa shape index (κ3) is 5.82. The number of esters is 1. The van der Waals surface area contributed by atoms with Crippen LogP contribution in [0.5, 0.6) is 0 Å². The summed E-state index contributed by atoms with van der Waals surface area (Å²) < 4.78 is 24.4. The highest BCUT2D eigenvalue weighted by molar-refractivity contribution is 5.69. The molecular weight excluding hydrogens is 379 g/mol. The van der Waals surface area contributed by atoms with Crippen LogP contribution >= 0.6 is 0 Å². The van der Waals surface area contributed by atoms with E-state index < -0.39 is 11.6 Å². The molecule has 0 fully saturated rings. The van der Waals surface area contributed by atoms with Crippen LogP contribution in [-0.2, 0) is 22.7 Å². The van der Waals surface area contributed by atoms with Crippen LogP contribution in [0.1, 0.15) is 18.9 Å². The van der Waals surface area contributed by atoms with E-state index in [2.05, 4.69) is 10.1 Å². The zero-order chi connectivity index (χ0) is 20.6. The van der Waals surface area contributed by atoms with Gasteiger partial charge in [-0.1, -0.05) is 6.07 Å². The Morgan fingerprint density at radius 1 is 1.28 bits per heavy atom. The van der Waals surface area contributed by atoms with E-state index in [0.29, 0.717) is 25.3 Å². The summed E-state index contributed by atoms with van der Waals surface area (Å²) in [5.41, 5.74) is 1.42. The first-order chi connectivity index (χ1) is 14.0. The first-order valence-corrected chi connectivity index (χ1v) is 9.16. The molecule has 0 aliphatic rings. The molecule has 0 saturated heterocycles. The lowest BCUT2D eigenvalue weighted by Gasteiger charge is -2.21. The van der Waals surface area contributed by atoms with Crippen molar-refractivity contribution in [1.82, 2.24) is 19.7 Å². The van der Waals surface area contributed by atoms with Gasteiger partial charge in [-0.2, -0.15) is 4.68 Å². The van der Waals surface area contributed by atoms with Crippen molar-refractivity contribution in [2.75, 3.05) is 13.2 Å². The molecule has 0 N–H and O–H groups in total. The Hall–Kier alpha value is -3.33. The van der Waals surface area contributed by atoms with Gasteiger partial charge in [-0.05, 0) is 42.8 Å². The Bertz CT molecular complexity index is 986. The fraction of sp³-hybridized carbons (Fsp3) is 0.300. The second-order valence-electron chi connectivity index (χ2n) is 6.29. The number of halogens is 1. The van der Waals surface area contributed by atoms with E-state index in [1.54, 1.807) is 19.3 Å². The van der Waals surface area contributed by atoms with Gasteiger partial charge in [-0.25, -0.2) is 9.18 Å². The molecule has 0 radical (unpaired) electrons. The third-order valence-electron chi connectivity index (χ3n) is 4.10. The number of aromatic nitrogens is 3. The third-order valence-corrected chi connectivity index (χ3v) is 4.10. The van der Waals surface area contributed by atoms with E-state index in [0.717, 1.165) is 5.56 Å². The number of hydrogen-bond donors (Lipinski definition) is 0. The van der Waals surface area contributed by atoms with Crippen LogP contribution in [0.4, 0.5) is 4.39 Å². The van der Waals surface area contributed by atoms with Crippen molar-refractivity contribution >= 4 is 5.97 Å². The first-order valence-electron chi connectivity index (χ1n) is 9.16. The highest BCUT2D eigenvalue weighted by Gasteiger charge is 2.16. The van der Waals surface area contributed by atoms with E-state index in [4.69, 9.17) is 9.15 Å². The SMILES string of the molecule is CCOC(=O)CCN(Cc1cccnc1)Cn1nc(-c2ccc(F)cc2)oc1=O. The number of nitrogens with zero attached hydrogens (tertiary/aromatic N) is 4. The predicted octanol–water partition coefficient (Wildman–Crippen LogP) is 2.45. The summed E-state index contributed by atoms with van der Waals surface area (Å²) in [6.07, 6.45) is 3.56. The number of ether oxygens (including phenoxy) is 1. The smallest absolute Gasteiger partial charge is 0.438 e. The lowest BCUT2D eigenvalue weighted by atomic mass is 10.2. The van der Waals surface area contributed by atoms with E-state index in [1.165, 1.54) is 28.9 Å². The highest BCUT2D eigenvalue weighted by atomic mass is 19.1. The van der Waals surface area contributed by atoms with Gasteiger partial charge in [0, 0.05) is 31.0 Å². The molecule has 3 aromatic rings. The second kappa shape index (κ2) is 9.74. The first kappa shape index (κ1) is 20.4. The zero-order valence-corrected chi connectivity index (χ0v) is 16.0. The van der Waals surface area contributed by atoms with Crippen LogP contribution in [-0.4, -0.2) is 38.8 Å². The Morgan fingerprint density at radius 3 is 2.76 bits per heavy atom. The summed E-state index contributed by atoms with van der Waals surface area (Å²) in [4.78, 5) is 29.9.